The molecule has 3 aliphatic carbocycles. The maximum absolute atomic E-state index is 14.6. The van der Waals surface area contributed by atoms with Gasteiger partial charge in [-0.05, 0) is 92.7 Å². The molecule has 6 rings (SSSR count). The van der Waals surface area contributed by atoms with E-state index in [1.54, 1.807) is 30.5 Å². The lowest BCUT2D eigenvalue weighted by atomic mass is 9.61. The van der Waals surface area contributed by atoms with Gasteiger partial charge in [-0.15, -0.1) is 0 Å². The Morgan fingerprint density at radius 1 is 1.14 bits per heavy atom. The van der Waals surface area contributed by atoms with Crippen LogP contribution in [0.25, 0.3) is 6.08 Å². The van der Waals surface area contributed by atoms with Gasteiger partial charge in [0, 0.05) is 33.6 Å². The number of carboxylic acid groups (broad SMARTS) is 1. The van der Waals surface area contributed by atoms with Gasteiger partial charge in [-0.2, -0.15) is 0 Å². The monoisotopic (exact) mass is 606 g/mol. The van der Waals surface area contributed by atoms with E-state index < -0.39 is 29.3 Å². The molecule has 2 N–H and O–H groups in total. The number of pyridine rings is 1. The Morgan fingerprint density at radius 3 is 2.67 bits per heavy atom. The van der Waals surface area contributed by atoms with E-state index in [0.717, 1.165) is 47.2 Å². The SMILES string of the molecule is C[C@@H]1CCCc2nccc(OC[C@H](CC3=Cc4ccccc4C34CCC(Nc3cccc(Cl)c3)(C(=O)O)CC4)C(F)F)c21. The largest absolute Gasteiger partial charge is 0.493 e. The second-order valence-corrected chi connectivity index (χ2v) is 12.9. The van der Waals surface area contributed by atoms with Gasteiger partial charge in [-0.25, -0.2) is 13.6 Å². The van der Waals surface area contributed by atoms with Crippen LogP contribution in [0.4, 0.5) is 14.5 Å². The average molecular weight is 607 g/mol. The van der Waals surface area contributed by atoms with Crippen LogP contribution in [0.15, 0.2) is 66.4 Å². The van der Waals surface area contributed by atoms with Crippen LogP contribution >= 0.6 is 11.6 Å². The standard InChI is InChI=1S/C35H37ClF2N2O3/c1-22-6-4-11-29-31(22)30(12-17-39-29)43-21-24(32(37)38)19-25-18-23-7-2-3-10-28(23)34(25)13-15-35(16-14-34,33(41)42)40-27-9-5-8-26(36)20-27/h2-3,5,7-10,12,17-18,20,22,24,32,40H,4,6,11,13-16,19,21H2,1H3,(H,41,42)/t22-,24+,34?,35?/m1/s1. The number of ether oxygens (including phenoxy) is 1. The summed E-state index contributed by atoms with van der Waals surface area (Å²) in [6.45, 7) is 2.04. The van der Waals surface area contributed by atoms with Crippen LogP contribution in [-0.4, -0.2) is 34.6 Å². The van der Waals surface area contributed by atoms with Gasteiger partial charge in [0.2, 0.25) is 6.43 Å². The van der Waals surface area contributed by atoms with Gasteiger partial charge in [0.25, 0.3) is 0 Å². The van der Waals surface area contributed by atoms with Crippen LogP contribution < -0.4 is 10.1 Å². The number of halogens is 3. The third-order valence-corrected chi connectivity index (χ3v) is 10.1. The van der Waals surface area contributed by atoms with Crippen molar-refractivity contribution in [3.8, 4) is 5.75 Å². The lowest BCUT2D eigenvalue weighted by Gasteiger charge is -2.46. The van der Waals surface area contributed by atoms with E-state index in [1.807, 2.05) is 24.3 Å². The average Bonchev–Trinajstić information content (AvgIpc) is 3.28. The van der Waals surface area contributed by atoms with Gasteiger partial charge in [0.05, 0.1) is 12.5 Å². The molecule has 8 heteroatoms. The van der Waals surface area contributed by atoms with Crippen molar-refractivity contribution in [2.75, 3.05) is 11.9 Å². The molecule has 43 heavy (non-hydrogen) atoms. The predicted molar refractivity (Wildman–Crippen MR) is 165 cm³/mol. The van der Waals surface area contributed by atoms with E-state index in [0.29, 0.717) is 42.1 Å². The van der Waals surface area contributed by atoms with E-state index in [4.69, 9.17) is 16.3 Å². The molecule has 1 spiro atoms. The lowest BCUT2D eigenvalue weighted by Crippen LogP contribution is -2.52. The molecule has 1 fully saturated rings. The van der Waals surface area contributed by atoms with Gasteiger partial charge in [0.1, 0.15) is 11.3 Å². The van der Waals surface area contributed by atoms with Gasteiger partial charge in [-0.3, -0.25) is 4.98 Å². The van der Waals surface area contributed by atoms with E-state index >= 15 is 0 Å². The maximum Gasteiger partial charge on any atom is 0.329 e. The Kier molecular flexibility index (Phi) is 8.20. The number of nitrogens with zero attached hydrogens (tertiary/aromatic N) is 1. The second kappa shape index (κ2) is 11.9. The first-order chi connectivity index (χ1) is 20.7. The molecule has 1 aromatic heterocycles. The van der Waals surface area contributed by atoms with E-state index in [2.05, 4.69) is 29.4 Å². The predicted octanol–water partition coefficient (Wildman–Crippen LogP) is 8.67. The number of alkyl halides is 2. The minimum atomic E-state index is -2.57. The molecule has 0 saturated heterocycles. The Morgan fingerprint density at radius 2 is 1.93 bits per heavy atom. The number of carbonyl (C=O) groups is 1. The molecule has 0 amide bonds. The number of fused-ring (bicyclic) bond motifs is 3. The van der Waals surface area contributed by atoms with Crippen molar-refractivity contribution in [2.45, 2.75) is 81.6 Å². The van der Waals surface area contributed by atoms with Gasteiger partial charge < -0.3 is 15.2 Å². The van der Waals surface area contributed by atoms with Crippen molar-refractivity contribution >= 4 is 29.3 Å². The number of anilines is 1. The van der Waals surface area contributed by atoms with E-state index in [1.165, 1.54) is 0 Å². The molecule has 0 bridgehead atoms. The van der Waals surface area contributed by atoms with Crippen molar-refractivity contribution in [1.82, 2.24) is 4.98 Å². The fourth-order valence-corrected chi connectivity index (χ4v) is 7.70. The summed E-state index contributed by atoms with van der Waals surface area (Å²) in [6.07, 6.45) is 6.11. The molecule has 0 aliphatic heterocycles. The number of aryl methyl sites for hydroxylation is 1. The molecule has 3 aliphatic rings. The zero-order valence-corrected chi connectivity index (χ0v) is 25.0. The summed E-state index contributed by atoms with van der Waals surface area (Å²) in [7, 11) is 0. The Bertz CT molecular complexity index is 1530. The number of aliphatic carboxylic acids is 1. The van der Waals surface area contributed by atoms with Crippen LogP contribution in [0.1, 0.15) is 80.2 Å². The summed E-state index contributed by atoms with van der Waals surface area (Å²) in [5.74, 6) is -0.980. The number of hydrogen-bond donors (Lipinski definition) is 2. The first-order valence-electron chi connectivity index (χ1n) is 15.2. The van der Waals surface area contributed by atoms with Gasteiger partial charge in [-0.1, -0.05) is 60.5 Å². The van der Waals surface area contributed by atoms with E-state index in [-0.39, 0.29) is 18.9 Å². The molecule has 1 saturated carbocycles. The smallest absolute Gasteiger partial charge is 0.329 e. The summed E-state index contributed by atoms with van der Waals surface area (Å²) < 4.78 is 35.4. The van der Waals surface area contributed by atoms with Gasteiger partial charge in [0.15, 0.2) is 0 Å². The Labute approximate surface area is 256 Å². The number of aromatic nitrogens is 1. The Balaban J connectivity index is 1.24. The zero-order valence-electron chi connectivity index (χ0n) is 24.3. The summed E-state index contributed by atoms with van der Waals surface area (Å²) >= 11 is 6.17. The molecule has 0 unspecified atom stereocenters. The molecule has 1 heterocycles. The highest BCUT2D eigenvalue weighted by molar-refractivity contribution is 6.30. The Hall–Kier alpha value is -3.45. The fraction of sp³-hybridized carbons (Fsp3) is 0.429. The maximum atomic E-state index is 14.6. The number of carboxylic acids is 1. The molecule has 2 aromatic carbocycles. The number of nitrogens with one attached hydrogen (secondary N) is 1. The lowest BCUT2D eigenvalue weighted by molar-refractivity contribution is -0.143. The van der Waals surface area contributed by atoms with Crippen LogP contribution in [0, 0.1) is 5.92 Å². The van der Waals surface area contributed by atoms with Crippen molar-refractivity contribution < 1.29 is 23.4 Å². The quantitative estimate of drug-likeness (QED) is 0.255. The first-order valence-corrected chi connectivity index (χ1v) is 15.5. The highest BCUT2D eigenvalue weighted by Gasteiger charge is 2.52. The van der Waals surface area contributed by atoms with E-state index in [9.17, 15) is 18.7 Å². The summed E-state index contributed by atoms with van der Waals surface area (Å²) in [5.41, 5.74) is 4.09. The molecule has 226 valence electrons. The molecular weight excluding hydrogens is 570 g/mol. The minimum absolute atomic E-state index is 0.0972. The second-order valence-electron chi connectivity index (χ2n) is 12.4. The van der Waals surface area contributed by atoms with Crippen LogP contribution in [0.5, 0.6) is 5.75 Å². The number of benzene rings is 2. The summed E-state index contributed by atoms with van der Waals surface area (Å²) in [4.78, 5) is 17.2. The fourth-order valence-electron chi connectivity index (χ4n) is 7.51. The topological polar surface area (TPSA) is 71.5 Å². The molecule has 3 aromatic rings. The van der Waals surface area contributed by atoms with Crippen molar-refractivity contribution in [3.63, 3.8) is 0 Å². The summed E-state index contributed by atoms with van der Waals surface area (Å²) in [6, 6.07) is 16.9. The zero-order chi connectivity index (χ0) is 30.2. The molecule has 5 nitrogen and oxygen atoms in total. The van der Waals surface area contributed by atoms with Crippen molar-refractivity contribution in [3.05, 3.63) is 93.8 Å². The van der Waals surface area contributed by atoms with Crippen molar-refractivity contribution in [2.24, 2.45) is 5.92 Å². The van der Waals surface area contributed by atoms with Crippen LogP contribution in [0.2, 0.25) is 5.02 Å². The normalized spacial score (nSPS) is 25.1. The molecular formula is C35H37ClF2N2O3. The summed E-state index contributed by atoms with van der Waals surface area (Å²) in [5, 5.41) is 14.2. The first kappa shape index (κ1) is 29.6. The number of hydrogen-bond acceptors (Lipinski definition) is 4. The van der Waals surface area contributed by atoms with Crippen LogP contribution in [0.3, 0.4) is 0 Å². The third-order valence-electron chi connectivity index (χ3n) is 9.86. The van der Waals surface area contributed by atoms with Crippen molar-refractivity contribution in [1.29, 1.82) is 0 Å². The number of rotatable bonds is 9. The minimum Gasteiger partial charge on any atom is -0.493 e. The third kappa shape index (κ3) is 5.64. The molecule has 2 atom stereocenters. The highest BCUT2D eigenvalue weighted by atomic mass is 35.5. The number of allylic oxidation sites excluding steroid dienone is 1. The molecule has 0 radical (unpaired) electrons. The highest BCUT2D eigenvalue weighted by Crippen LogP contribution is 2.55. The van der Waals surface area contributed by atoms with Gasteiger partial charge >= 0.3 is 5.97 Å². The van der Waals surface area contributed by atoms with Crippen LogP contribution in [-0.2, 0) is 16.6 Å².